The van der Waals surface area contributed by atoms with E-state index in [1.54, 1.807) is 0 Å². The summed E-state index contributed by atoms with van der Waals surface area (Å²) in [5.41, 5.74) is 7.23. The normalized spacial score (nSPS) is 13.0. The monoisotopic (exact) mass is 412 g/mol. The molecular weight excluding hydrogens is 364 g/mol. The molecule has 0 heterocycles. The summed E-state index contributed by atoms with van der Waals surface area (Å²) in [6.45, 7) is 17.2. The maximum Gasteiger partial charge on any atom is 0.0851 e. The maximum absolute atomic E-state index is 4.55. The molecule has 0 atom stereocenters. The van der Waals surface area contributed by atoms with Gasteiger partial charge in [-0.2, -0.15) is 0 Å². The van der Waals surface area contributed by atoms with Crippen LogP contribution in [0.25, 0.3) is 0 Å². The molecule has 0 unspecified atom stereocenters. The van der Waals surface area contributed by atoms with E-state index < -0.39 is 0 Å². The summed E-state index contributed by atoms with van der Waals surface area (Å²) >= 11 is 0. The zero-order chi connectivity index (χ0) is 22.8. The Bertz CT molecular complexity index is 634. The molecule has 0 amide bonds. The Balaban J connectivity index is 4.05. The van der Waals surface area contributed by atoms with E-state index in [1.807, 2.05) is 6.34 Å². The molecule has 0 aromatic heterocycles. The van der Waals surface area contributed by atoms with Crippen LogP contribution >= 0.6 is 0 Å². The van der Waals surface area contributed by atoms with E-state index in [4.69, 9.17) is 0 Å². The highest BCUT2D eigenvalue weighted by molar-refractivity contribution is 5.54. The van der Waals surface area contributed by atoms with Crippen molar-refractivity contribution >= 4 is 6.34 Å². The van der Waals surface area contributed by atoms with Crippen LogP contribution in [0.15, 0.2) is 63.2 Å². The zero-order valence-corrected chi connectivity index (χ0v) is 21.2. The van der Waals surface area contributed by atoms with Crippen LogP contribution in [0.1, 0.15) is 93.4 Å². The highest BCUT2D eigenvalue weighted by atomic mass is 15.1. The van der Waals surface area contributed by atoms with E-state index in [0.29, 0.717) is 0 Å². The van der Waals surface area contributed by atoms with Gasteiger partial charge in [0.15, 0.2) is 0 Å². The Morgan fingerprint density at radius 2 is 1.03 bits per heavy atom. The second-order valence-electron chi connectivity index (χ2n) is 9.08. The van der Waals surface area contributed by atoms with Crippen LogP contribution in [-0.2, 0) is 0 Å². The summed E-state index contributed by atoms with van der Waals surface area (Å²) in [6, 6.07) is 0. The predicted octanol–water partition coefficient (Wildman–Crippen LogP) is 8.45. The lowest BCUT2D eigenvalue weighted by atomic mass is 10.1. The van der Waals surface area contributed by atoms with Gasteiger partial charge in [-0.05, 0) is 93.4 Å². The average Bonchev–Trinajstić information content (AvgIpc) is 2.64. The molecule has 0 aliphatic rings. The third-order valence-corrected chi connectivity index (χ3v) is 5.01. The summed E-state index contributed by atoms with van der Waals surface area (Å²) in [5, 5.41) is 0. The first-order valence-corrected chi connectivity index (χ1v) is 11.6. The molecule has 0 rings (SSSR count). The van der Waals surface area contributed by atoms with Gasteiger partial charge >= 0.3 is 0 Å². The molecule has 0 aliphatic carbocycles. The topological polar surface area (TPSA) is 15.6 Å². The lowest BCUT2D eigenvalue weighted by molar-refractivity contribution is 0.526. The standard InChI is InChI=1S/C28H48N2/c1-24(2)13-9-15-26(5)17-11-18-28(7)20-21-29-23-30(8)22-12-19-27(6)16-10-14-25(3)4/h13-14,17,19-20,23H,9-12,15-16,18,21-22H2,1-8H3/b26-17+,27-19+,28-20+,29-23?. The maximum atomic E-state index is 4.55. The van der Waals surface area contributed by atoms with Crippen molar-refractivity contribution in [1.82, 2.24) is 4.90 Å². The van der Waals surface area contributed by atoms with E-state index in [1.165, 1.54) is 34.3 Å². The third kappa shape index (κ3) is 19.5. The zero-order valence-electron chi connectivity index (χ0n) is 21.2. The van der Waals surface area contributed by atoms with E-state index in [2.05, 4.69) is 95.8 Å². The quantitative estimate of drug-likeness (QED) is 0.150. The van der Waals surface area contributed by atoms with Gasteiger partial charge in [-0.15, -0.1) is 0 Å². The second kappa shape index (κ2) is 18.0. The van der Waals surface area contributed by atoms with Crippen molar-refractivity contribution in [3.05, 3.63) is 58.2 Å². The summed E-state index contributed by atoms with van der Waals surface area (Å²) in [6.07, 6.45) is 21.6. The minimum absolute atomic E-state index is 0.775. The van der Waals surface area contributed by atoms with Crippen LogP contribution in [0.2, 0.25) is 0 Å². The molecule has 0 saturated heterocycles. The summed E-state index contributed by atoms with van der Waals surface area (Å²) in [7, 11) is 2.11. The number of hydrogen-bond donors (Lipinski definition) is 0. The molecule has 170 valence electrons. The van der Waals surface area contributed by atoms with Gasteiger partial charge in [-0.3, -0.25) is 4.99 Å². The number of nitrogens with zero attached hydrogens (tertiary/aromatic N) is 2. The highest BCUT2D eigenvalue weighted by Crippen LogP contribution is 2.11. The predicted molar refractivity (Wildman–Crippen MR) is 138 cm³/mol. The molecule has 0 aromatic rings. The number of rotatable bonds is 15. The first kappa shape index (κ1) is 28.2. The minimum Gasteiger partial charge on any atom is -0.366 e. The number of allylic oxidation sites excluding steroid dienone is 8. The second-order valence-corrected chi connectivity index (χ2v) is 9.08. The van der Waals surface area contributed by atoms with Crippen LogP contribution < -0.4 is 0 Å². The molecule has 0 fully saturated rings. The van der Waals surface area contributed by atoms with Gasteiger partial charge in [-0.25, -0.2) is 0 Å². The van der Waals surface area contributed by atoms with Crippen molar-refractivity contribution in [2.45, 2.75) is 93.4 Å². The Labute approximate surface area is 188 Å². The van der Waals surface area contributed by atoms with Crippen LogP contribution in [0.4, 0.5) is 0 Å². The third-order valence-electron chi connectivity index (χ3n) is 5.01. The van der Waals surface area contributed by atoms with Crippen molar-refractivity contribution in [2.24, 2.45) is 4.99 Å². The van der Waals surface area contributed by atoms with Gasteiger partial charge in [0.05, 0.1) is 12.9 Å². The molecular formula is C28H48N2. The van der Waals surface area contributed by atoms with Crippen LogP contribution in [0.3, 0.4) is 0 Å². The molecule has 0 N–H and O–H groups in total. The molecule has 0 saturated carbocycles. The van der Waals surface area contributed by atoms with E-state index >= 15 is 0 Å². The number of hydrogen-bond acceptors (Lipinski definition) is 1. The molecule has 0 bridgehead atoms. The SMILES string of the molecule is CC(C)=CCC/C(C)=C/CC/C(C)=C/CN=CN(C)CC/C=C(\C)CCC=C(C)C. The smallest absolute Gasteiger partial charge is 0.0851 e. The Morgan fingerprint density at radius 1 is 0.600 bits per heavy atom. The van der Waals surface area contributed by atoms with E-state index in [0.717, 1.165) is 51.6 Å². The summed E-state index contributed by atoms with van der Waals surface area (Å²) in [5.74, 6) is 0. The fraction of sp³-hybridized carbons (Fsp3) is 0.607. The van der Waals surface area contributed by atoms with Gasteiger partial charge in [-0.1, -0.05) is 58.2 Å². The molecule has 0 aliphatic heterocycles. The number of aliphatic imine (C=N–C) groups is 1. The van der Waals surface area contributed by atoms with E-state index in [9.17, 15) is 0 Å². The van der Waals surface area contributed by atoms with Gasteiger partial charge in [0.25, 0.3) is 0 Å². The van der Waals surface area contributed by atoms with Gasteiger partial charge < -0.3 is 4.90 Å². The Hall–Kier alpha value is -1.83. The fourth-order valence-corrected chi connectivity index (χ4v) is 3.00. The molecule has 2 nitrogen and oxygen atoms in total. The lowest BCUT2D eigenvalue weighted by Crippen LogP contribution is -2.17. The molecule has 0 aromatic carbocycles. The molecule has 0 spiro atoms. The van der Waals surface area contributed by atoms with Gasteiger partial charge in [0.1, 0.15) is 0 Å². The Kier molecular flexibility index (Phi) is 16.9. The van der Waals surface area contributed by atoms with Crippen LogP contribution in [0, 0.1) is 0 Å². The highest BCUT2D eigenvalue weighted by Gasteiger charge is 1.94. The van der Waals surface area contributed by atoms with Gasteiger partial charge in [0, 0.05) is 13.6 Å². The van der Waals surface area contributed by atoms with Crippen molar-refractivity contribution < 1.29 is 0 Å². The fourth-order valence-electron chi connectivity index (χ4n) is 3.00. The van der Waals surface area contributed by atoms with Crippen molar-refractivity contribution in [3.63, 3.8) is 0 Å². The summed E-state index contributed by atoms with van der Waals surface area (Å²) in [4.78, 5) is 6.73. The lowest BCUT2D eigenvalue weighted by Gasteiger charge is -2.11. The first-order chi connectivity index (χ1) is 14.2. The largest absolute Gasteiger partial charge is 0.366 e. The van der Waals surface area contributed by atoms with E-state index in [-0.39, 0.29) is 0 Å². The molecule has 2 heteroatoms. The van der Waals surface area contributed by atoms with Gasteiger partial charge in [0.2, 0.25) is 0 Å². The molecule has 30 heavy (non-hydrogen) atoms. The van der Waals surface area contributed by atoms with Crippen LogP contribution in [0.5, 0.6) is 0 Å². The van der Waals surface area contributed by atoms with Crippen molar-refractivity contribution in [3.8, 4) is 0 Å². The Morgan fingerprint density at radius 3 is 1.53 bits per heavy atom. The summed E-state index contributed by atoms with van der Waals surface area (Å²) < 4.78 is 0. The van der Waals surface area contributed by atoms with Crippen molar-refractivity contribution in [1.29, 1.82) is 0 Å². The van der Waals surface area contributed by atoms with Crippen molar-refractivity contribution in [2.75, 3.05) is 20.1 Å². The average molecular weight is 413 g/mol. The first-order valence-electron chi connectivity index (χ1n) is 11.6. The molecule has 0 radical (unpaired) electrons. The van der Waals surface area contributed by atoms with Crippen LogP contribution in [-0.4, -0.2) is 31.4 Å². The minimum atomic E-state index is 0.775.